The predicted octanol–water partition coefficient (Wildman–Crippen LogP) is 2.52. The van der Waals surface area contributed by atoms with E-state index in [4.69, 9.17) is 4.74 Å². The maximum atomic E-state index is 10.3. The van der Waals surface area contributed by atoms with E-state index in [0.29, 0.717) is 12.5 Å². The Kier molecular flexibility index (Phi) is 5.26. The Morgan fingerprint density at radius 3 is 2.52 bits per heavy atom. The van der Waals surface area contributed by atoms with Crippen LogP contribution in [-0.4, -0.2) is 40.8 Å². The van der Waals surface area contributed by atoms with Crippen molar-refractivity contribution in [3.63, 3.8) is 0 Å². The molecule has 1 fully saturated rings. The van der Waals surface area contributed by atoms with Gasteiger partial charge in [-0.1, -0.05) is 12.1 Å². The fourth-order valence-corrected chi connectivity index (χ4v) is 3.21. The van der Waals surface area contributed by atoms with Crippen LogP contribution < -0.4 is 4.74 Å². The summed E-state index contributed by atoms with van der Waals surface area (Å²) < 4.78 is 5.47. The molecule has 1 aromatic heterocycles. The Morgan fingerprint density at radius 2 is 1.83 bits per heavy atom. The molecule has 1 aliphatic rings. The number of pyridine rings is 1. The number of aliphatic hydroxyl groups excluding tert-OH is 1. The van der Waals surface area contributed by atoms with Gasteiger partial charge in [-0.2, -0.15) is 0 Å². The number of hydrogen-bond donors (Lipinski definition) is 1. The molecule has 2 heterocycles. The minimum atomic E-state index is -0.258. The van der Waals surface area contributed by atoms with E-state index in [1.54, 1.807) is 0 Å². The fraction of sp³-hybridized carbons (Fsp3) is 0.421. The molecule has 0 radical (unpaired) electrons. The van der Waals surface area contributed by atoms with Crippen molar-refractivity contribution in [1.29, 1.82) is 0 Å². The van der Waals surface area contributed by atoms with Crippen molar-refractivity contribution in [2.45, 2.75) is 26.0 Å². The van der Waals surface area contributed by atoms with Gasteiger partial charge in [0.05, 0.1) is 12.7 Å². The molecule has 0 saturated carbocycles. The van der Waals surface area contributed by atoms with Gasteiger partial charge in [0.1, 0.15) is 5.75 Å². The number of likely N-dealkylation sites (tertiary alicyclic amines) is 1. The van der Waals surface area contributed by atoms with Crippen molar-refractivity contribution in [2.24, 2.45) is 5.92 Å². The van der Waals surface area contributed by atoms with Crippen molar-refractivity contribution >= 4 is 0 Å². The maximum absolute atomic E-state index is 10.3. The van der Waals surface area contributed by atoms with Crippen LogP contribution in [0.3, 0.4) is 0 Å². The molecule has 4 heteroatoms. The molecular weight excluding hydrogens is 288 g/mol. The predicted molar refractivity (Wildman–Crippen MR) is 90.3 cm³/mol. The molecule has 1 aliphatic heterocycles. The lowest BCUT2D eigenvalue weighted by Gasteiger charge is -2.16. The number of aliphatic hydroxyl groups is 1. The van der Waals surface area contributed by atoms with Gasteiger partial charge in [0.2, 0.25) is 0 Å². The Hall–Kier alpha value is -1.91. The molecule has 0 spiro atoms. The molecule has 0 unspecified atom stereocenters. The standard InChI is InChI=1S/C19H24N2O2/c1-2-23-18-5-3-16(4-6-18)12-21-13-17(19(22)14-21)11-15-7-9-20-10-8-15/h3-10,17,19,22H,2,11-14H2,1H3/t17-,19+/m1/s1. The van der Waals surface area contributed by atoms with Crippen molar-refractivity contribution in [2.75, 3.05) is 19.7 Å². The van der Waals surface area contributed by atoms with Crippen LogP contribution in [0.5, 0.6) is 5.75 Å². The van der Waals surface area contributed by atoms with E-state index in [2.05, 4.69) is 22.0 Å². The van der Waals surface area contributed by atoms with Gasteiger partial charge in [-0.15, -0.1) is 0 Å². The van der Waals surface area contributed by atoms with E-state index >= 15 is 0 Å². The molecule has 2 aromatic rings. The summed E-state index contributed by atoms with van der Waals surface area (Å²) in [5, 5.41) is 10.3. The van der Waals surface area contributed by atoms with E-state index < -0.39 is 0 Å². The minimum Gasteiger partial charge on any atom is -0.494 e. The zero-order valence-electron chi connectivity index (χ0n) is 13.6. The smallest absolute Gasteiger partial charge is 0.119 e. The molecule has 2 atom stereocenters. The highest BCUT2D eigenvalue weighted by Gasteiger charge is 2.31. The van der Waals surface area contributed by atoms with E-state index in [-0.39, 0.29) is 6.10 Å². The summed E-state index contributed by atoms with van der Waals surface area (Å²) >= 11 is 0. The van der Waals surface area contributed by atoms with Gasteiger partial charge in [0.15, 0.2) is 0 Å². The summed E-state index contributed by atoms with van der Waals surface area (Å²) in [7, 11) is 0. The number of aromatic nitrogens is 1. The first-order chi connectivity index (χ1) is 11.2. The van der Waals surface area contributed by atoms with Gasteiger partial charge < -0.3 is 9.84 Å². The molecule has 1 aromatic carbocycles. The monoisotopic (exact) mass is 312 g/mol. The summed E-state index contributed by atoms with van der Waals surface area (Å²) in [4.78, 5) is 6.37. The quantitative estimate of drug-likeness (QED) is 0.890. The van der Waals surface area contributed by atoms with Gasteiger partial charge in [-0.05, 0) is 48.7 Å². The van der Waals surface area contributed by atoms with Crippen LogP contribution in [0.25, 0.3) is 0 Å². The number of nitrogens with zero attached hydrogens (tertiary/aromatic N) is 2. The van der Waals surface area contributed by atoms with Crippen LogP contribution in [0.2, 0.25) is 0 Å². The lowest BCUT2D eigenvalue weighted by molar-refractivity contribution is 0.141. The lowest BCUT2D eigenvalue weighted by Crippen LogP contribution is -2.21. The fourth-order valence-electron chi connectivity index (χ4n) is 3.21. The number of benzene rings is 1. The number of β-amino-alcohol motifs (C(OH)–C–C–N with tert-alkyl or cyclic N) is 1. The van der Waals surface area contributed by atoms with Crippen molar-refractivity contribution < 1.29 is 9.84 Å². The van der Waals surface area contributed by atoms with E-state index in [0.717, 1.165) is 31.8 Å². The Bertz CT molecular complexity index is 601. The summed E-state index contributed by atoms with van der Waals surface area (Å²) in [5.74, 6) is 1.20. The van der Waals surface area contributed by atoms with Gasteiger partial charge in [-0.25, -0.2) is 0 Å². The third-order valence-electron chi connectivity index (χ3n) is 4.37. The summed E-state index contributed by atoms with van der Waals surface area (Å²) in [6.07, 6.45) is 4.28. The second kappa shape index (κ2) is 7.57. The molecule has 1 saturated heterocycles. The van der Waals surface area contributed by atoms with Crippen LogP contribution in [0.1, 0.15) is 18.1 Å². The molecular formula is C19H24N2O2. The van der Waals surface area contributed by atoms with Gasteiger partial charge in [0.25, 0.3) is 0 Å². The van der Waals surface area contributed by atoms with Crippen LogP contribution in [-0.2, 0) is 13.0 Å². The molecule has 23 heavy (non-hydrogen) atoms. The largest absolute Gasteiger partial charge is 0.494 e. The molecule has 3 rings (SSSR count). The van der Waals surface area contributed by atoms with E-state index in [1.165, 1.54) is 11.1 Å². The van der Waals surface area contributed by atoms with Gasteiger partial charge in [0, 0.05) is 37.9 Å². The summed E-state index contributed by atoms with van der Waals surface area (Å²) in [6.45, 7) is 5.22. The second-order valence-corrected chi connectivity index (χ2v) is 6.16. The first-order valence-corrected chi connectivity index (χ1v) is 8.25. The van der Waals surface area contributed by atoms with Crippen LogP contribution in [0.15, 0.2) is 48.8 Å². The first-order valence-electron chi connectivity index (χ1n) is 8.25. The van der Waals surface area contributed by atoms with Crippen LogP contribution >= 0.6 is 0 Å². The Balaban J connectivity index is 1.55. The SMILES string of the molecule is CCOc1ccc(CN2C[C@@H](Cc3ccncc3)[C@@H](O)C2)cc1. The molecule has 0 amide bonds. The van der Waals surface area contributed by atoms with Crippen LogP contribution in [0.4, 0.5) is 0 Å². The molecule has 4 nitrogen and oxygen atoms in total. The third-order valence-corrected chi connectivity index (χ3v) is 4.37. The number of rotatable bonds is 6. The van der Waals surface area contributed by atoms with Crippen molar-refractivity contribution in [3.8, 4) is 5.75 Å². The lowest BCUT2D eigenvalue weighted by atomic mass is 9.97. The summed E-state index contributed by atoms with van der Waals surface area (Å²) in [5.41, 5.74) is 2.50. The zero-order valence-corrected chi connectivity index (χ0v) is 13.6. The number of ether oxygens (including phenoxy) is 1. The topological polar surface area (TPSA) is 45.6 Å². The first kappa shape index (κ1) is 16.0. The molecule has 0 aliphatic carbocycles. The second-order valence-electron chi connectivity index (χ2n) is 6.16. The Labute approximate surface area is 137 Å². The van der Waals surface area contributed by atoms with E-state index in [9.17, 15) is 5.11 Å². The van der Waals surface area contributed by atoms with Gasteiger partial charge in [-0.3, -0.25) is 9.88 Å². The maximum Gasteiger partial charge on any atom is 0.119 e. The highest BCUT2D eigenvalue weighted by atomic mass is 16.5. The van der Waals surface area contributed by atoms with E-state index in [1.807, 2.05) is 43.6 Å². The minimum absolute atomic E-state index is 0.258. The molecule has 1 N–H and O–H groups in total. The molecule has 0 bridgehead atoms. The molecule has 122 valence electrons. The number of hydrogen-bond acceptors (Lipinski definition) is 4. The Morgan fingerprint density at radius 1 is 1.09 bits per heavy atom. The normalized spacial score (nSPS) is 21.5. The average molecular weight is 312 g/mol. The highest BCUT2D eigenvalue weighted by Crippen LogP contribution is 2.23. The van der Waals surface area contributed by atoms with Crippen LogP contribution in [0, 0.1) is 5.92 Å². The van der Waals surface area contributed by atoms with Crippen molar-refractivity contribution in [3.05, 3.63) is 59.9 Å². The zero-order chi connectivity index (χ0) is 16.1. The third kappa shape index (κ3) is 4.30. The highest BCUT2D eigenvalue weighted by molar-refractivity contribution is 5.27. The van der Waals surface area contributed by atoms with Gasteiger partial charge >= 0.3 is 0 Å². The van der Waals surface area contributed by atoms with Crippen molar-refractivity contribution in [1.82, 2.24) is 9.88 Å². The average Bonchev–Trinajstić information content (AvgIpc) is 2.90. The summed E-state index contributed by atoms with van der Waals surface area (Å²) in [6, 6.07) is 12.3.